The van der Waals surface area contributed by atoms with Gasteiger partial charge in [0.15, 0.2) is 4.77 Å². The molecule has 25 heavy (non-hydrogen) atoms. The summed E-state index contributed by atoms with van der Waals surface area (Å²) in [7, 11) is 1.67. The quantitative estimate of drug-likeness (QED) is 0.529. The summed E-state index contributed by atoms with van der Waals surface area (Å²) in [6.45, 7) is 0.349. The van der Waals surface area contributed by atoms with Crippen molar-refractivity contribution < 1.29 is 9.18 Å². The van der Waals surface area contributed by atoms with E-state index in [1.165, 1.54) is 28.4 Å². The van der Waals surface area contributed by atoms with Crippen LogP contribution >= 0.6 is 23.6 Å². The molecule has 126 valence electrons. The summed E-state index contributed by atoms with van der Waals surface area (Å²) in [5.74, 6) is -0.788. The fraction of sp³-hybridized carbons (Fsp3) is 0.118. The summed E-state index contributed by atoms with van der Waals surface area (Å²) in [6, 6.07) is 10.3. The molecule has 2 aromatic carbocycles. The van der Waals surface area contributed by atoms with Crippen molar-refractivity contribution in [3.8, 4) is 0 Å². The van der Waals surface area contributed by atoms with Crippen LogP contribution in [0.3, 0.4) is 0 Å². The summed E-state index contributed by atoms with van der Waals surface area (Å²) in [4.78, 5) is 24.6. The van der Waals surface area contributed by atoms with Crippen LogP contribution in [0.15, 0.2) is 36.4 Å². The number of H-pyrrole nitrogens is 2. The lowest BCUT2D eigenvalue weighted by atomic mass is 10.1. The van der Waals surface area contributed by atoms with E-state index in [4.69, 9.17) is 12.2 Å². The van der Waals surface area contributed by atoms with Crippen LogP contribution in [-0.2, 0) is 6.54 Å². The molecule has 5 nitrogen and oxygen atoms in total. The summed E-state index contributed by atoms with van der Waals surface area (Å²) in [5.41, 5.74) is 2.13. The molecule has 2 heterocycles. The number of aromatic nitrogens is 3. The van der Waals surface area contributed by atoms with E-state index >= 15 is 0 Å². The number of amides is 1. The van der Waals surface area contributed by atoms with Crippen LogP contribution in [0.4, 0.5) is 4.39 Å². The Morgan fingerprint density at radius 2 is 2.12 bits per heavy atom. The molecule has 0 bridgehead atoms. The highest BCUT2D eigenvalue weighted by molar-refractivity contribution is 7.71. The molecule has 0 saturated carbocycles. The highest BCUT2D eigenvalue weighted by Gasteiger charge is 2.19. The molecule has 0 aliphatic heterocycles. The number of carbonyl (C=O) groups is 1. The third-order valence-electron chi connectivity index (χ3n) is 3.88. The number of thiazole rings is 1. The van der Waals surface area contributed by atoms with Gasteiger partial charge in [0.25, 0.3) is 5.91 Å². The number of halogens is 1. The molecule has 0 aliphatic carbocycles. The minimum atomic E-state index is -0.491. The van der Waals surface area contributed by atoms with Crippen molar-refractivity contribution >= 4 is 50.7 Å². The van der Waals surface area contributed by atoms with Crippen molar-refractivity contribution in [2.24, 2.45) is 0 Å². The first-order valence-electron chi connectivity index (χ1n) is 7.53. The van der Waals surface area contributed by atoms with Crippen LogP contribution in [0.5, 0.6) is 0 Å². The first kappa shape index (κ1) is 15.9. The molecule has 0 aliphatic rings. The molecular weight excluding hydrogens is 359 g/mol. The number of nitrogens with one attached hydrogen (secondary N) is 2. The van der Waals surface area contributed by atoms with Crippen LogP contribution in [-0.4, -0.2) is 32.8 Å². The van der Waals surface area contributed by atoms with Gasteiger partial charge in [-0.05, 0) is 36.5 Å². The Balaban J connectivity index is 1.67. The van der Waals surface area contributed by atoms with Gasteiger partial charge < -0.3 is 14.9 Å². The van der Waals surface area contributed by atoms with Gasteiger partial charge in [0.1, 0.15) is 10.8 Å². The minimum Gasteiger partial charge on any atom is -0.335 e. The Labute approximate surface area is 151 Å². The van der Waals surface area contributed by atoms with E-state index in [0.29, 0.717) is 22.3 Å². The fourth-order valence-electron chi connectivity index (χ4n) is 2.74. The van der Waals surface area contributed by atoms with Crippen LogP contribution in [0.1, 0.15) is 15.4 Å². The van der Waals surface area contributed by atoms with E-state index in [1.54, 1.807) is 7.05 Å². The lowest BCUT2D eigenvalue weighted by Gasteiger charge is -2.16. The highest BCUT2D eigenvalue weighted by atomic mass is 32.1. The molecule has 4 aromatic rings. The number of hydrogen-bond donors (Lipinski definition) is 2. The van der Waals surface area contributed by atoms with Gasteiger partial charge in [0.05, 0.1) is 33.4 Å². The molecule has 0 atom stereocenters. The van der Waals surface area contributed by atoms with Gasteiger partial charge in [0.2, 0.25) is 0 Å². The molecule has 0 saturated heterocycles. The maximum Gasteiger partial charge on any atom is 0.256 e. The molecule has 8 heteroatoms. The number of fused-ring (bicyclic) bond motifs is 2. The van der Waals surface area contributed by atoms with E-state index in [0.717, 1.165) is 15.2 Å². The van der Waals surface area contributed by atoms with E-state index < -0.39 is 5.82 Å². The normalized spacial score (nSPS) is 11.3. The van der Waals surface area contributed by atoms with Crippen LogP contribution < -0.4 is 0 Å². The first-order valence-corrected chi connectivity index (χ1v) is 8.75. The molecule has 0 spiro atoms. The number of imidazole rings is 1. The Morgan fingerprint density at radius 1 is 1.32 bits per heavy atom. The standard InChI is InChI=1S/C17H13FN4OS2/c1-22(8-14-19-11-4-2-3-5-13(11)25-14)16(23)10-6-9(18)7-12-15(10)21-17(24)20-12/h2-7H,8H2,1H3,(H2,20,21,24). The first-order chi connectivity index (χ1) is 12.0. The average Bonchev–Trinajstić information content (AvgIpc) is 3.14. The summed E-state index contributed by atoms with van der Waals surface area (Å²) < 4.78 is 15.3. The third kappa shape index (κ3) is 2.94. The summed E-state index contributed by atoms with van der Waals surface area (Å²) in [6.07, 6.45) is 0. The molecular formula is C17H13FN4OS2. The van der Waals surface area contributed by atoms with Crippen molar-refractivity contribution in [3.63, 3.8) is 0 Å². The predicted octanol–water partition coefficient (Wildman–Crippen LogP) is 4.25. The number of para-hydroxylation sites is 1. The second kappa shape index (κ2) is 6.05. The van der Waals surface area contributed by atoms with Gasteiger partial charge in [-0.1, -0.05) is 12.1 Å². The van der Waals surface area contributed by atoms with Crippen molar-refractivity contribution in [1.29, 1.82) is 0 Å². The average molecular weight is 372 g/mol. The number of hydrogen-bond acceptors (Lipinski definition) is 4. The zero-order valence-electron chi connectivity index (χ0n) is 13.2. The third-order valence-corrected chi connectivity index (χ3v) is 5.10. The summed E-state index contributed by atoms with van der Waals surface area (Å²) in [5, 5.41) is 0.826. The smallest absolute Gasteiger partial charge is 0.256 e. The van der Waals surface area contributed by atoms with E-state index in [9.17, 15) is 9.18 Å². The molecule has 2 aromatic heterocycles. The van der Waals surface area contributed by atoms with E-state index in [-0.39, 0.29) is 11.5 Å². The second-order valence-electron chi connectivity index (χ2n) is 5.69. The maximum absolute atomic E-state index is 13.8. The fourth-order valence-corrected chi connectivity index (χ4v) is 3.98. The maximum atomic E-state index is 13.8. The van der Waals surface area contributed by atoms with E-state index in [2.05, 4.69) is 15.0 Å². The number of carbonyl (C=O) groups excluding carboxylic acids is 1. The Morgan fingerprint density at radius 3 is 2.92 bits per heavy atom. The van der Waals surface area contributed by atoms with Crippen molar-refractivity contribution in [3.05, 3.63) is 57.6 Å². The Hall–Kier alpha value is -2.58. The SMILES string of the molecule is CN(Cc1nc2ccccc2s1)C(=O)c1cc(F)cc2[nH]c(=S)[nH]c12. The largest absolute Gasteiger partial charge is 0.335 e. The number of rotatable bonds is 3. The molecule has 0 unspecified atom stereocenters. The molecule has 0 fully saturated rings. The van der Waals surface area contributed by atoms with Gasteiger partial charge in [0, 0.05) is 7.05 Å². The molecule has 2 N–H and O–H groups in total. The molecule has 1 amide bonds. The van der Waals surface area contributed by atoms with Gasteiger partial charge in [-0.3, -0.25) is 4.79 Å². The zero-order valence-corrected chi connectivity index (χ0v) is 14.8. The lowest BCUT2D eigenvalue weighted by Crippen LogP contribution is -2.26. The zero-order chi connectivity index (χ0) is 17.6. The van der Waals surface area contributed by atoms with Gasteiger partial charge in [-0.25, -0.2) is 9.37 Å². The predicted molar refractivity (Wildman–Crippen MR) is 98.9 cm³/mol. The number of benzene rings is 2. The topological polar surface area (TPSA) is 64.8 Å². The van der Waals surface area contributed by atoms with Crippen molar-refractivity contribution in [2.45, 2.75) is 6.54 Å². The van der Waals surface area contributed by atoms with Crippen molar-refractivity contribution in [2.75, 3.05) is 7.05 Å². The van der Waals surface area contributed by atoms with Crippen LogP contribution in [0.2, 0.25) is 0 Å². The van der Waals surface area contributed by atoms with Crippen molar-refractivity contribution in [1.82, 2.24) is 19.9 Å². The van der Waals surface area contributed by atoms with Gasteiger partial charge in [-0.15, -0.1) is 11.3 Å². The summed E-state index contributed by atoms with van der Waals surface area (Å²) >= 11 is 6.58. The molecule has 0 radical (unpaired) electrons. The van der Waals surface area contributed by atoms with Gasteiger partial charge in [-0.2, -0.15) is 0 Å². The van der Waals surface area contributed by atoms with Gasteiger partial charge >= 0.3 is 0 Å². The number of nitrogens with zero attached hydrogens (tertiary/aromatic N) is 2. The Kier molecular flexibility index (Phi) is 3.85. The second-order valence-corrected chi connectivity index (χ2v) is 7.22. The van der Waals surface area contributed by atoms with Crippen LogP contribution in [0, 0.1) is 10.6 Å². The van der Waals surface area contributed by atoms with E-state index in [1.807, 2.05) is 24.3 Å². The molecule has 4 rings (SSSR count). The van der Waals surface area contributed by atoms with Crippen LogP contribution in [0.25, 0.3) is 21.3 Å². The Bertz CT molecular complexity index is 1130. The monoisotopic (exact) mass is 372 g/mol. The number of aromatic amines is 2. The lowest BCUT2D eigenvalue weighted by molar-refractivity contribution is 0.0786. The minimum absolute atomic E-state index is 0.242. The highest BCUT2D eigenvalue weighted by Crippen LogP contribution is 2.24.